The number of hydrogen-bond donors (Lipinski definition) is 1. The van der Waals surface area contributed by atoms with E-state index in [9.17, 15) is 14.9 Å². The van der Waals surface area contributed by atoms with Crippen molar-refractivity contribution in [1.29, 1.82) is 5.26 Å². The third-order valence-corrected chi connectivity index (χ3v) is 5.32. The summed E-state index contributed by atoms with van der Waals surface area (Å²) in [6, 6.07) is 8.35. The summed E-state index contributed by atoms with van der Waals surface area (Å²) in [5.74, 6) is -0.181. The van der Waals surface area contributed by atoms with E-state index in [0.29, 0.717) is 47.5 Å². The summed E-state index contributed by atoms with van der Waals surface area (Å²) in [4.78, 5) is 26.9. The molecule has 0 saturated carbocycles. The number of nitrogens with one attached hydrogen (secondary N) is 1. The third kappa shape index (κ3) is 4.54. The van der Waals surface area contributed by atoms with Crippen LogP contribution < -0.4 is 10.2 Å². The molecule has 27 heavy (non-hydrogen) atoms. The number of halogens is 1. The summed E-state index contributed by atoms with van der Waals surface area (Å²) in [6.45, 7) is 2.54. The molecule has 1 amide bonds. The van der Waals surface area contributed by atoms with Crippen LogP contribution in [0.15, 0.2) is 29.6 Å². The molecule has 0 aliphatic carbocycles. The molecule has 2 heterocycles. The van der Waals surface area contributed by atoms with Gasteiger partial charge in [0.1, 0.15) is 16.8 Å². The Bertz CT molecular complexity index is 902. The largest absolute Gasteiger partial charge is 0.363 e. The van der Waals surface area contributed by atoms with Gasteiger partial charge in [-0.1, -0.05) is 11.6 Å². The molecule has 0 radical (unpaired) electrons. The maximum absolute atomic E-state index is 12.2. The summed E-state index contributed by atoms with van der Waals surface area (Å²) in [6.07, 6.45) is 0. The van der Waals surface area contributed by atoms with Crippen molar-refractivity contribution in [1.82, 2.24) is 4.90 Å². The van der Waals surface area contributed by atoms with Crippen molar-refractivity contribution >= 4 is 45.2 Å². The van der Waals surface area contributed by atoms with Gasteiger partial charge in [0, 0.05) is 37.3 Å². The number of piperazine rings is 1. The van der Waals surface area contributed by atoms with Gasteiger partial charge in [0.2, 0.25) is 5.91 Å². The van der Waals surface area contributed by atoms with Crippen LogP contribution in [0.4, 0.5) is 16.4 Å². The zero-order valence-electron chi connectivity index (χ0n) is 14.2. The van der Waals surface area contributed by atoms with E-state index in [1.54, 1.807) is 23.6 Å². The molecular formula is C17H16ClN5O3S. The first-order chi connectivity index (χ1) is 13.0. The van der Waals surface area contributed by atoms with Gasteiger partial charge >= 0.3 is 0 Å². The Morgan fingerprint density at radius 1 is 1.33 bits per heavy atom. The Morgan fingerprint density at radius 3 is 2.74 bits per heavy atom. The van der Waals surface area contributed by atoms with Gasteiger partial charge in [-0.25, -0.2) is 0 Å². The van der Waals surface area contributed by atoms with Gasteiger partial charge in [-0.15, -0.1) is 11.3 Å². The molecule has 1 aliphatic rings. The Labute approximate surface area is 164 Å². The van der Waals surface area contributed by atoms with Crippen LogP contribution in [-0.4, -0.2) is 48.5 Å². The van der Waals surface area contributed by atoms with Gasteiger partial charge in [-0.2, -0.15) is 5.26 Å². The SMILES string of the molecule is N#Cc1ccsc1NC(=O)CN1CCN(c2ccc(Cl)cc2[N+](=O)[O-])CC1. The smallest absolute Gasteiger partial charge is 0.294 e. The molecule has 1 aromatic carbocycles. The molecule has 1 fully saturated rings. The number of nitro groups is 1. The molecule has 0 bridgehead atoms. The van der Waals surface area contributed by atoms with E-state index in [4.69, 9.17) is 16.9 Å². The van der Waals surface area contributed by atoms with E-state index in [1.165, 1.54) is 17.4 Å². The zero-order chi connectivity index (χ0) is 19.4. The second kappa shape index (κ2) is 8.35. The fraction of sp³-hybridized carbons (Fsp3) is 0.294. The Morgan fingerprint density at radius 2 is 2.07 bits per heavy atom. The van der Waals surface area contributed by atoms with Gasteiger partial charge in [0.05, 0.1) is 17.0 Å². The average Bonchev–Trinajstić information content (AvgIpc) is 3.09. The summed E-state index contributed by atoms with van der Waals surface area (Å²) in [5, 5.41) is 25.7. The van der Waals surface area contributed by atoms with E-state index < -0.39 is 4.92 Å². The summed E-state index contributed by atoms with van der Waals surface area (Å²) >= 11 is 7.18. The van der Waals surface area contributed by atoms with Gasteiger partial charge in [-0.3, -0.25) is 19.8 Å². The first-order valence-corrected chi connectivity index (χ1v) is 9.42. The van der Waals surface area contributed by atoms with Crippen LogP contribution in [0, 0.1) is 21.4 Å². The monoisotopic (exact) mass is 405 g/mol. The number of nitriles is 1. The van der Waals surface area contributed by atoms with Crippen molar-refractivity contribution in [3.05, 3.63) is 50.3 Å². The summed E-state index contributed by atoms with van der Waals surface area (Å²) < 4.78 is 0. The minimum absolute atomic E-state index is 0.0181. The minimum Gasteiger partial charge on any atom is -0.363 e. The maximum Gasteiger partial charge on any atom is 0.294 e. The van der Waals surface area contributed by atoms with E-state index in [2.05, 4.69) is 5.32 Å². The fourth-order valence-electron chi connectivity index (χ4n) is 2.92. The van der Waals surface area contributed by atoms with Crippen molar-refractivity contribution < 1.29 is 9.72 Å². The van der Waals surface area contributed by atoms with E-state index in [1.807, 2.05) is 15.9 Å². The van der Waals surface area contributed by atoms with Gasteiger partial charge in [0.25, 0.3) is 5.69 Å². The molecular weight excluding hydrogens is 390 g/mol. The van der Waals surface area contributed by atoms with Crippen LogP contribution in [0.2, 0.25) is 5.02 Å². The highest BCUT2D eigenvalue weighted by Gasteiger charge is 2.25. The highest BCUT2D eigenvalue weighted by Crippen LogP contribution is 2.31. The predicted molar refractivity (Wildman–Crippen MR) is 104 cm³/mol. The Hall–Kier alpha value is -2.67. The molecule has 0 atom stereocenters. The van der Waals surface area contributed by atoms with Crippen molar-refractivity contribution in [2.75, 3.05) is 42.9 Å². The van der Waals surface area contributed by atoms with Crippen molar-refractivity contribution in [3.63, 3.8) is 0 Å². The number of carbonyl (C=O) groups is 1. The molecule has 140 valence electrons. The number of nitrogens with zero attached hydrogens (tertiary/aromatic N) is 4. The van der Waals surface area contributed by atoms with Crippen LogP contribution in [0.1, 0.15) is 5.56 Å². The topological polar surface area (TPSA) is 103 Å². The van der Waals surface area contributed by atoms with Gasteiger partial charge in [-0.05, 0) is 23.6 Å². The molecule has 0 unspecified atom stereocenters. The normalized spacial score (nSPS) is 14.6. The number of amides is 1. The first kappa shape index (κ1) is 19.1. The molecule has 1 saturated heterocycles. The Balaban J connectivity index is 1.57. The fourth-order valence-corrected chi connectivity index (χ4v) is 3.84. The van der Waals surface area contributed by atoms with Crippen LogP contribution >= 0.6 is 22.9 Å². The average molecular weight is 406 g/mol. The van der Waals surface area contributed by atoms with Crippen molar-refractivity contribution in [2.45, 2.75) is 0 Å². The highest BCUT2D eigenvalue weighted by molar-refractivity contribution is 7.14. The second-order valence-corrected chi connectivity index (χ2v) is 7.33. The lowest BCUT2D eigenvalue weighted by molar-refractivity contribution is -0.384. The maximum atomic E-state index is 12.2. The van der Waals surface area contributed by atoms with Gasteiger partial charge in [0.15, 0.2) is 0 Å². The van der Waals surface area contributed by atoms with Crippen LogP contribution in [0.5, 0.6) is 0 Å². The number of carbonyl (C=O) groups excluding carboxylic acids is 1. The molecule has 8 nitrogen and oxygen atoms in total. The second-order valence-electron chi connectivity index (χ2n) is 5.98. The Kier molecular flexibility index (Phi) is 5.91. The third-order valence-electron chi connectivity index (χ3n) is 4.25. The van der Waals surface area contributed by atoms with Gasteiger partial charge < -0.3 is 10.2 Å². The van der Waals surface area contributed by atoms with E-state index in [-0.39, 0.29) is 18.1 Å². The lowest BCUT2D eigenvalue weighted by Gasteiger charge is -2.35. The van der Waals surface area contributed by atoms with Crippen molar-refractivity contribution in [3.8, 4) is 6.07 Å². The number of rotatable bonds is 5. The number of nitro benzene ring substituents is 1. The van der Waals surface area contributed by atoms with Crippen LogP contribution in [0.3, 0.4) is 0 Å². The molecule has 1 aliphatic heterocycles. The van der Waals surface area contributed by atoms with Crippen LogP contribution in [-0.2, 0) is 4.79 Å². The quantitative estimate of drug-likeness (QED) is 0.606. The van der Waals surface area contributed by atoms with Crippen LogP contribution in [0.25, 0.3) is 0 Å². The predicted octanol–water partition coefficient (Wildman–Crippen LogP) is 2.94. The lowest BCUT2D eigenvalue weighted by Crippen LogP contribution is -2.48. The standard InChI is InChI=1S/C17H16ClN5O3S/c18-13-1-2-14(15(9-13)23(25)26)22-6-4-21(5-7-22)11-16(24)20-17-12(10-19)3-8-27-17/h1-3,8-9H,4-7,11H2,(H,20,24). The molecule has 3 rings (SSSR count). The lowest BCUT2D eigenvalue weighted by atomic mass is 10.2. The molecule has 10 heteroatoms. The highest BCUT2D eigenvalue weighted by atomic mass is 35.5. The molecule has 1 aromatic heterocycles. The molecule has 2 aromatic rings. The minimum atomic E-state index is -0.436. The van der Waals surface area contributed by atoms with E-state index >= 15 is 0 Å². The number of hydrogen-bond acceptors (Lipinski definition) is 7. The molecule has 0 spiro atoms. The molecule has 1 N–H and O–H groups in total. The number of benzene rings is 1. The van der Waals surface area contributed by atoms with Crippen molar-refractivity contribution in [2.24, 2.45) is 0 Å². The zero-order valence-corrected chi connectivity index (χ0v) is 15.8. The number of thiophene rings is 1. The number of anilines is 2. The van der Waals surface area contributed by atoms with E-state index in [0.717, 1.165) is 0 Å². The summed E-state index contributed by atoms with van der Waals surface area (Å²) in [5.41, 5.74) is 0.967. The summed E-state index contributed by atoms with van der Waals surface area (Å²) in [7, 11) is 0. The first-order valence-electron chi connectivity index (χ1n) is 8.16.